The van der Waals surface area contributed by atoms with Gasteiger partial charge >= 0.3 is 0 Å². The van der Waals surface area contributed by atoms with Crippen molar-refractivity contribution >= 4 is 21.1 Å². The highest BCUT2D eigenvalue weighted by Gasteiger charge is 2.21. The molecule has 9 nitrogen and oxygen atoms in total. The maximum Gasteiger partial charge on any atom is 0.275 e. The number of hydrogen-bond acceptors (Lipinski definition) is 6. The molecular formula is C22H25N5O4S. The van der Waals surface area contributed by atoms with Gasteiger partial charge in [-0.25, -0.2) is 22.4 Å². The lowest BCUT2D eigenvalue weighted by molar-refractivity contribution is 0.318. The van der Waals surface area contributed by atoms with Gasteiger partial charge in [-0.2, -0.15) is 0 Å². The van der Waals surface area contributed by atoms with Gasteiger partial charge in [0.25, 0.3) is 15.6 Å². The molecule has 0 aliphatic heterocycles. The zero-order valence-electron chi connectivity index (χ0n) is 18.2. The number of nitrogens with zero attached hydrogens (tertiary/aromatic N) is 4. The Labute approximate surface area is 185 Å². The van der Waals surface area contributed by atoms with Gasteiger partial charge in [0.1, 0.15) is 23.4 Å². The van der Waals surface area contributed by atoms with Crippen LogP contribution in [0.15, 0.2) is 52.8 Å². The highest BCUT2D eigenvalue weighted by atomic mass is 32.2. The van der Waals surface area contributed by atoms with Crippen LogP contribution in [0.5, 0.6) is 5.75 Å². The molecule has 0 saturated carbocycles. The molecule has 4 aromatic rings. The van der Waals surface area contributed by atoms with Crippen LogP contribution in [-0.2, 0) is 23.5 Å². The van der Waals surface area contributed by atoms with Gasteiger partial charge in [0.15, 0.2) is 0 Å². The van der Waals surface area contributed by atoms with Gasteiger partial charge in [-0.1, -0.05) is 20.3 Å². The summed E-state index contributed by atoms with van der Waals surface area (Å²) in [7, 11) is -2.04. The zero-order valence-corrected chi connectivity index (χ0v) is 19.0. The van der Waals surface area contributed by atoms with Crippen LogP contribution in [0.25, 0.3) is 22.4 Å². The second-order valence-corrected chi connectivity index (χ2v) is 9.37. The van der Waals surface area contributed by atoms with Gasteiger partial charge < -0.3 is 14.3 Å². The molecule has 0 atom stereocenters. The van der Waals surface area contributed by atoms with Gasteiger partial charge in [0.2, 0.25) is 0 Å². The molecule has 0 saturated heterocycles. The number of benzene rings is 1. The van der Waals surface area contributed by atoms with E-state index in [0.29, 0.717) is 29.0 Å². The predicted molar refractivity (Wildman–Crippen MR) is 121 cm³/mol. The molecule has 0 aliphatic rings. The second-order valence-electron chi connectivity index (χ2n) is 7.53. The van der Waals surface area contributed by atoms with Crippen molar-refractivity contribution in [3.63, 3.8) is 0 Å². The number of aromatic nitrogens is 5. The molecule has 3 heterocycles. The largest absolute Gasteiger partial charge is 0.493 e. The SMILES string of the molecule is CCCOc1ccc(S(=O)(=O)n2ccnc2)cc1-c1nc2c(CCC)cn(C)c2c(=O)[nH]1. The van der Waals surface area contributed by atoms with Crippen molar-refractivity contribution in [1.82, 2.24) is 23.5 Å². The highest BCUT2D eigenvalue weighted by molar-refractivity contribution is 7.90. The Morgan fingerprint density at radius 2 is 2.00 bits per heavy atom. The smallest absolute Gasteiger partial charge is 0.275 e. The third kappa shape index (κ3) is 3.81. The second kappa shape index (κ2) is 8.62. The van der Waals surface area contributed by atoms with E-state index in [1.54, 1.807) is 10.6 Å². The normalized spacial score (nSPS) is 11.8. The van der Waals surface area contributed by atoms with E-state index in [4.69, 9.17) is 9.72 Å². The maximum atomic E-state index is 13.0. The molecule has 168 valence electrons. The van der Waals surface area contributed by atoms with Crippen LogP contribution in [-0.4, -0.2) is 38.5 Å². The first-order valence-corrected chi connectivity index (χ1v) is 11.9. The number of rotatable bonds is 8. The minimum absolute atomic E-state index is 0.0407. The van der Waals surface area contributed by atoms with Crippen molar-refractivity contribution in [1.29, 1.82) is 0 Å². The van der Waals surface area contributed by atoms with E-state index < -0.39 is 10.0 Å². The topological polar surface area (TPSA) is 112 Å². The van der Waals surface area contributed by atoms with E-state index in [1.165, 1.54) is 30.9 Å². The summed E-state index contributed by atoms with van der Waals surface area (Å²) in [6.45, 7) is 4.48. The Morgan fingerprint density at radius 1 is 1.19 bits per heavy atom. The number of H-pyrrole nitrogens is 1. The average Bonchev–Trinajstić information content (AvgIpc) is 3.42. The summed E-state index contributed by atoms with van der Waals surface area (Å²) in [6, 6.07) is 4.55. The third-order valence-electron chi connectivity index (χ3n) is 5.14. The highest BCUT2D eigenvalue weighted by Crippen LogP contribution is 2.32. The minimum atomic E-state index is -3.85. The fourth-order valence-corrected chi connectivity index (χ4v) is 4.80. The molecular weight excluding hydrogens is 430 g/mol. The fraction of sp³-hybridized carbons (Fsp3) is 0.318. The number of hydrogen-bond donors (Lipinski definition) is 1. The summed E-state index contributed by atoms with van der Waals surface area (Å²) in [5, 5.41) is 0. The minimum Gasteiger partial charge on any atom is -0.493 e. The zero-order chi connectivity index (χ0) is 22.9. The molecule has 0 aliphatic carbocycles. The van der Waals surface area contributed by atoms with Crippen molar-refractivity contribution in [3.05, 3.63) is 59.0 Å². The number of fused-ring (bicyclic) bond motifs is 1. The summed E-state index contributed by atoms with van der Waals surface area (Å²) >= 11 is 0. The summed E-state index contributed by atoms with van der Waals surface area (Å²) < 4.78 is 34.7. The van der Waals surface area contributed by atoms with Crippen LogP contribution in [0.2, 0.25) is 0 Å². The van der Waals surface area contributed by atoms with Crippen LogP contribution in [0.4, 0.5) is 0 Å². The third-order valence-corrected chi connectivity index (χ3v) is 6.76. The average molecular weight is 456 g/mol. The number of aromatic amines is 1. The number of nitrogens with one attached hydrogen (secondary N) is 1. The van der Waals surface area contributed by atoms with Crippen molar-refractivity contribution in [3.8, 4) is 17.1 Å². The molecule has 0 spiro atoms. The molecule has 0 bridgehead atoms. The van der Waals surface area contributed by atoms with E-state index in [9.17, 15) is 13.2 Å². The van der Waals surface area contributed by atoms with Crippen molar-refractivity contribution in [2.75, 3.05) is 6.61 Å². The van der Waals surface area contributed by atoms with E-state index in [-0.39, 0.29) is 16.3 Å². The molecule has 0 amide bonds. The molecule has 10 heteroatoms. The lowest BCUT2D eigenvalue weighted by Gasteiger charge is -2.13. The number of ether oxygens (including phenoxy) is 1. The molecule has 1 aromatic carbocycles. The van der Waals surface area contributed by atoms with Gasteiger partial charge in [-0.05, 0) is 36.6 Å². The van der Waals surface area contributed by atoms with E-state index in [1.807, 2.05) is 20.2 Å². The predicted octanol–water partition coefficient (Wildman–Crippen LogP) is 3.10. The van der Waals surface area contributed by atoms with Gasteiger partial charge in [-0.3, -0.25) is 4.79 Å². The molecule has 0 fully saturated rings. The Bertz CT molecular complexity index is 1420. The van der Waals surface area contributed by atoms with Crippen LogP contribution in [0, 0.1) is 0 Å². The Balaban J connectivity index is 1.94. The van der Waals surface area contributed by atoms with Crippen molar-refractivity contribution in [2.24, 2.45) is 7.05 Å². The van der Waals surface area contributed by atoms with Gasteiger partial charge in [0.05, 0.1) is 22.6 Å². The fourth-order valence-electron chi connectivity index (χ4n) is 3.66. The number of imidazole rings is 1. The van der Waals surface area contributed by atoms with Gasteiger partial charge in [-0.15, -0.1) is 0 Å². The van der Waals surface area contributed by atoms with E-state index in [0.717, 1.165) is 28.8 Å². The lowest BCUT2D eigenvalue weighted by Crippen LogP contribution is -2.14. The Hall–Kier alpha value is -3.40. The molecule has 32 heavy (non-hydrogen) atoms. The summed E-state index contributed by atoms with van der Waals surface area (Å²) in [5.41, 5.74) is 2.17. The number of aryl methyl sites for hydroxylation is 2. The molecule has 1 N–H and O–H groups in total. The Morgan fingerprint density at radius 3 is 2.69 bits per heavy atom. The van der Waals surface area contributed by atoms with Crippen LogP contribution >= 0.6 is 0 Å². The standard InChI is InChI=1S/C22H25N5O4S/c1-4-6-15-13-26(3)20-19(15)24-21(25-22(20)28)17-12-16(7-8-18(17)31-11-5-2)32(29,30)27-10-9-23-14-27/h7-10,12-14H,4-6,11H2,1-3H3,(H,24,25,28). The first kappa shape index (κ1) is 21.8. The molecule has 0 radical (unpaired) electrons. The summed E-state index contributed by atoms with van der Waals surface area (Å²) in [4.78, 5) is 24.3. The lowest BCUT2D eigenvalue weighted by atomic mass is 10.1. The molecule has 0 unspecified atom stereocenters. The van der Waals surface area contributed by atoms with Crippen LogP contribution in [0.3, 0.4) is 0 Å². The summed E-state index contributed by atoms with van der Waals surface area (Å²) in [5.74, 6) is 0.715. The van der Waals surface area contributed by atoms with E-state index >= 15 is 0 Å². The van der Waals surface area contributed by atoms with E-state index in [2.05, 4.69) is 16.9 Å². The molecule has 4 rings (SSSR count). The van der Waals surface area contributed by atoms with Gasteiger partial charge in [0, 0.05) is 25.6 Å². The van der Waals surface area contributed by atoms with Crippen molar-refractivity contribution in [2.45, 2.75) is 38.0 Å². The maximum absolute atomic E-state index is 13.0. The van der Waals surface area contributed by atoms with Crippen molar-refractivity contribution < 1.29 is 13.2 Å². The quantitative estimate of drug-likeness (QED) is 0.437. The summed E-state index contributed by atoms with van der Waals surface area (Å²) in [6.07, 6.45) is 8.36. The van der Waals surface area contributed by atoms with Crippen LogP contribution in [0.1, 0.15) is 32.3 Å². The Kier molecular flexibility index (Phi) is 5.88. The monoisotopic (exact) mass is 455 g/mol. The first-order chi connectivity index (χ1) is 15.4. The molecule has 3 aromatic heterocycles. The first-order valence-electron chi connectivity index (χ1n) is 10.5. The van der Waals surface area contributed by atoms with Crippen LogP contribution < -0.4 is 10.3 Å².